The van der Waals surface area contributed by atoms with Crippen molar-refractivity contribution in [1.29, 1.82) is 0 Å². The Kier molecular flexibility index (Phi) is 4.62. The molecule has 4 heteroatoms. The number of hydrazone groups is 1. The Hall–Kier alpha value is -2.75. The molecule has 2 aromatic rings. The van der Waals surface area contributed by atoms with Crippen molar-refractivity contribution in [2.45, 2.75) is 13.3 Å². The third-order valence-electron chi connectivity index (χ3n) is 3.63. The van der Waals surface area contributed by atoms with Crippen molar-refractivity contribution in [3.8, 4) is 0 Å². The summed E-state index contributed by atoms with van der Waals surface area (Å²) in [7, 11) is 0. The van der Waals surface area contributed by atoms with Crippen LogP contribution in [-0.2, 0) is 6.42 Å². The summed E-state index contributed by atoms with van der Waals surface area (Å²) in [5, 5.41) is 4.26. The summed E-state index contributed by atoms with van der Waals surface area (Å²) in [4.78, 5) is 4.49. The van der Waals surface area contributed by atoms with Crippen molar-refractivity contribution in [2.75, 3.05) is 6.54 Å². The van der Waals surface area contributed by atoms with Crippen molar-refractivity contribution >= 4 is 18.1 Å². The lowest BCUT2D eigenvalue weighted by Crippen LogP contribution is -2.24. The van der Waals surface area contributed by atoms with Gasteiger partial charge in [0.15, 0.2) is 0 Å². The average Bonchev–Trinajstić information content (AvgIpc) is 2.57. The van der Waals surface area contributed by atoms with Crippen LogP contribution in [0.4, 0.5) is 4.39 Å². The molecule has 0 saturated carbocycles. The largest absolute Gasteiger partial charge is 0.266 e. The van der Waals surface area contributed by atoms with E-state index in [0.29, 0.717) is 0 Å². The van der Waals surface area contributed by atoms with E-state index in [1.807, 2.05) is 25.1 Å². The van der Waals surface area contributed by atoms with Gasteiger partial charge in [0.25, 0.3) is 0 Å². The number of nitrogens with one attached hydrogen (secondary N) is 1. The molecule has 0 fully saturated rings. The molecule has 0 aliphatic carbocycles. The van der Waals surface area contributed by atoms with Gasteiger partial charge in [-0.15, -0.1) is 0 Å². The second-order valence-corrected chi connectivity index (χ2v) is 5.45. The van der Waals surface area contributed by atoms with Gasteiger partial charge in [0.05, 0.1) is 6.21 Å². The van der Waals surface area contributed by atoms with Gasteiger partial charge in [-0.05, 0) is 42.2 Å². The second-order valence-electron chi connectivity index (χ2n) is 5.45. The minimum Gasteiger partial charge on any atom is -0.266 e. The zero-order valence-corrected chi connectivity index (χ0v) is 13.0. The van der Waals surface area contributed by atoms with Crippen molar-refractivity contribution in [1.82, 2.24) is 5.43 Å². The van der Waals surface area contributed by atoms with Crippen LogP contribution in [0, 0.1) is 5.82 Å². The number of aliphatic imine (C=N–C) groups is 1. The Morgan fingerprint density at radius 3 is 2.78 bits per heavy atom. The van der Waals surface area contributed by atoms with Crippen molar-refractivity contribution in [3.63, 3.8) is 0 Å². The van der Waals surface area contributed by atoms with Crippen LogP contribution in [0.1, 0.15) is 23.6 Å². The lowest BCUT2D eigenvalue weighted by molar-refractivity contribution is 0.628. The van der Waals surface area contributed by atoms with Gasteiger partial charge in [0, 0.05) is 12.1 Å². The molecule has 3 rings (SSSR count). The highest BCUT2D eigenvalue weighted by Crippen LogP contribution is 2.14. The zero-order valence-electron chi connectivity index (χ0n) is 13.0. The normalized spacial score (nSPS) is 14.5. The van der Waals surface area contributed by atoms with E-state index in [0.717, 1.165) is 35.5 Å². The highest BCUT2D eigenvalue weighted by Gasteiger charge is 2.12. The summed E-state index contributed by atoms with van der Waals surface area (Å²) in [6, 6.07) is 14.6. The first kappa shape index (κ1) is 15.2. The topological polar surface area (TPSA) is 36.8 Å². The van der Waals surface area contributed by atoms with Gasteiger partial charge >= 0.3 is 0 Å². The van der Waals surface area contributed by atoms with E-state index in [4.69, 9.17) is 0 Å². The molecule has 0 atom stereocenters. The summed E-state index contributed by atoms with van der Waals surface area (Å²) in [5.41, 5.74) is 7.33. The van der Waals surface area contributed by atoms with Gasteiger partial charge in [-0.25, -0.2) is 4.39 Å². The Morgan fingerprint density at radius 1 is 1.17 bits per heavy atom. The van der Waals surface area contributed by atoms with Crippen molar-refractivity contribution < 1.29 is 4.39 Å². The van der Waals surface area contributed by atoms with Crippen LogP contribution in [0.2, 0.25) is 0 Å². The molecule has 0 saturated heterocycles. The SMILES string of the molecule is CC(C=NNC1=NCCc2ccccc21)=Cc1ccc(F)cc1. The number of nitrogens with zero attached hydrogens (tertiary/aromatic N) is 2. The van der Waals surface area contributed by atoms with E-state index in [2.05, 4.69) is 27.7 Å². The molecule has 1 aliphatic heterocycles. The molecule has 0 bridgehead atoms. The van der Waals surface area contributed by atoms with Crippen LogP contribution in [0.3, 0.4) is 0 Å². The predicted molar refractivity (Wildman–Crippen MR) is 93.2 cm³/mol. The maximum absolute atomic E-state index is 12.9. The number of halogens is 1. The summed E-state index contributed by atoms with van der Waals surface area (Å²) in [6.45, 7) is 2.73. The monoisotopic (exact) mass is 307 g/mol. The van der Waals surface area contributed by atoms with Gasteiger partial charge in [-0.3, -0.25) is 10.4 Å². The maximum Gasteiger partial charge on any atom is 0.149 e. The van der Waals surface area contributed by atoms with Crippen LogP contribution in [-0.4, -0.2) is 18.6 Å². The van der Waals surface area contributed by atoms with Gasteiger partial charge in [-0.2, -0.15) is 5.10 Å². The summed E-state index contributed by atoms with van der Waals surface area (Å²) in [6.07, 6.45) is 4.65. The molecule has 116 valence electrons. The lowest BCUT2D eigenvalue weighted by Gasteiger charge is -2.15. The molecule has 0 radical (unpaired) electrons. The van der Waals surface area contributed by atoms with Gasteiger partial charge in [-0.1, -0.05) is 42.5 Å². The van der Waals surface area contributed by atoms with Crippen LogP contribution < -0.4 is 5.43 Å². The number of hydrogen-bond donors (Lipinski definition) is 1. The first-order chi connectivity index (χ1) is 11.2. The van der Waals surface area contributed by atoms with Crippen molar-refractivity contribution in [2.24, 2.45) is 10.1 Å². The molecule has 0 unspecified atom stereocenters. The molecular weight excluding hydrogens is 289 g/mol. The average molecular weight is 307 g/mol. The van der Waals surface area contributed by atoms with Crippen molar-refractivity contribution in [3.05, 3.63) is 76.6 Å². The quantitative estimate of drug-likeness (QED) is 0.679. The fourth-order valence-corrected chi connectivity index (χ4v) is 2.49. The minimum absolute atomic E-state index is 0.232. The molecule has 23 heavy (non-hydrogen) atoms. The fourth-order valence-electron chi connectivity index (χ4n) is 2.49. The molecule has 0 spiro atoms. The molecule has 3 nitrogen and oxygen atoms in total. The Morgan fingerprint density at radius 2 is 1.96 bits per heavy atom. The lowest BCUT2D eigenvalue weighted by atomic mass is 10.0. The Bertz CT molecular complexity index is 773. The Labute approximate surface area is 135 Å². The van der Waals surface area contributed by atoms with Crippen LogP contribution in [0.25, 0.3) is 6.08 Å². The minimum atomic E-state index is -0.232. The highest BCUT2D eigenvalue weighted by atomic mass is 19.1. The van der Waals surface area contributed by atoms with Gasteiger partial charge < -0.3 is 0 Å². The number of rotatable bonds is 3. The third-order valence-corrected chi connectivity index (χ3v) is 3.63. The fraction of sp³-hybridized carbons (Fsp3) is 0.158. The van der Waals surface area contributed by atoms with Crippen LogP contribution >= 0.6 is 0 Å². The van der Waals surface area contributed by atoms with E-state index in [1.165, 1.54) is 17.7 Å². The predicted octanol–water partition coefficient (Wildman–Crippen LogP) is 3.81. The molecule has 0 aromatic heterocycles. The summed E-state index contributed by atoms with van der Waals surface area (Å²) in [5.74, 6) is 0.571. The van der Waals surface area contributed by atoms with Gasteiger partial charge in [0.1, 0.15) is 11.7 Å². The molecule has 1 aliphatic rings. The molecule has 0 amide bonds. The highest BCUT2D eigenvalue weighted by molar-refractivity contribution is 6.01. The zero-order chi connectivity index (χ0) is 16.1. The third kappa shape index (κ3) is 3.92. The second kappa shape index (κ2) is 7.01. The number of allylic oxidation sites excluding steroid dienone is 1. The smallest absolute Gasteiger partial charge is 0.149 e. The van der Waals surface area contributed by atoms with Crippen LogP contribution in [0.5, 0.6) is 0 Å². The van der Waals surface area contributed by atoms with Crippen LogP contribution in [0.15, 0.2) is 64.2 Å². The van der Waals surface area contributed by atoms with E-state index >= 15 is 0 Å². The summed E-state index contributed by atoms with van der Waals surface area (Å²) < 4.78 is 12.9. The first-order valence-corrected chi connectivity index (χ1v) is 7.58. The molecule has 1 heterocycles. The van der Waals surface area contributed by atoms with E-state index in [9.17, 15) is 4.39 Å². The molecule has 2 aromatic carbocycles. The number of amidine groups is 1. The van der Waals surface area contributed by atoms with Gasteiger partial charge in [0.2, 0.25) is 0 Å². The first-order valence-electron chi connectivity index (χ1n) is 7.58. The number of hydrogen-bond acceptors (Lipinski definition) is 3. The molecular formula is C19H18FN3. The van der Waals surface area contributed by atoms with E-state index < -0.39 is 0 Å². The summed E-state index contributed by atoms with van der Waals surface area (Å²) >= 11 is 0. The van der Waals surface area contributed by atoms with E-state index in [-0.39, 0.29) is 5.82 Å². The standard InChI is InChI=1S/C19H18FN3/c1-14(12-15-6-8-17(20)9-7-15)13-22-23-19-18-5-3-2-4-16(18)10-11-21-19/h2-9,12-13H,10-11H2,1H3,(H,21,23). The maximum atomic E-state index is 12.9. The number of fused-ring (bicyclic) bond motifs is 1. The van der Waals surface area contributed by atoms with E-state index in [1.54, 1.807) is 18.3 Å². The number of benzene rings is 2. The molecule has 1 N–H and O–H groups in total. The Balaban J connectivity index is 1.67.